The minimum absolute atomic E-state index is 0.0412. The molecule has 2 heterocycles. The predicted octanol–water partition coefficient (Wildman–Crippen LogP) is 0.951. The first-order chi connectivity index (χ1) is 13.0. The number of nitrogens with one attached hydrogen (secondary N) is 3. The van der Waals surface area contributed by atoms with E-state index in [-0.39, 0.29) is 40.6 Å². The number of carbonyl (C=O) groups is 3. The lowest BCUT2D eigenvalue weighted by Crippen LogP contribution is -2.32. The van der Waals surface area contributed by atoms with Gasteiger partial charge in [0.15, 0.2) is 23.1 Å². The van der Waals surface area contributed by atoms with E-state index in [0.717, 1.165) is 6.08 Å². The lowest BCUT2D eigenvalue weighted by atomic mass is 9.88. The van der Waals surface area contributed by atoms with Gasteiger partial charge < -0.3 is 25.1 Å². The highest BCUT2D eigenvalue weighted by Crippen LogP contribution is 2.31. The van der Waals surface area contributed by atoms with Crippen LogP contribution in [0.15, 0.2) is 52.7 Å². The predicted molar refractivity (Wildman–Crippen MR) is 91.1 cm³/mol. The number of furan rings is 1. The Kier molecular flexibility index (Phi) is 3.98. The standard InChI is InChI=1S/C18H13N3O6/c22-13(6-15(23)26-8-9-7-19-21-20-9)14-5-12-16(24)10-3-1-2-4-11(10)17(25)18(12)27-14/h1-7,19-22H,8H2/b13-6-. The molecule has 1 aliphatic carbocycles. The van der Waals surface area contributed by atoms with Gasteiger partial charge in [-0.1, -0.05) is 24.3 Å². The first-order valence-electron chi connectivity index (χ1n) is 7.90. The minimum atomic E-state index is -0.822. The molecule has 1 aliphatic heterocycles. The number of carbonyl (C=O) groups excluding carboxylic acids is 3. The fourth-order valence-corrected chi connectivity index (χ4v) is 2.73. The van der Waals surface area contributed by atoms with Gasteiger partial charge in [-0.2, -0.15) is 5.53 Å². The Bertz CT molecular complexity index is 981. The second kappa shape index (κ2) is 6.46. The van der Waals surface area contributed by atoms with Crippen LogP contribution in [-0.2, 0) is 9.53 Å². The summed E-state index contributed by atoms with van der Waals surface area (Å²) in [5.41, 5.74) is 9.05. The summed E-state index contributed by atoms with van der Waals surface area (Å²) in [4.78, 5) is 36.8. The van der Waals surface area contributed by atoms with Crippen LogP contribution in [0, 0.1) is 0 Å². The summed E-state index contributed by atoms with van der Waals surface area (Å²) < 4.78 is 10.3. The van der Waals surface area contributed by atoms with Gasteiger partial charge >= 0.3 is 5.97 Å². The molecule has 0 radical (unpaired) electrons. The van der Waals surface area contributed by atoms with Crippen LogP contribution in [0.4, 0.5) is 0 Å². The molecule has 1 aromatic carbocycles. The number of ether oxygens (including phenoxy) is 1. The number of esters is 1. The average molecular weight is 367 g/mol. The van der Waals surface area contributed by atoms with E-state index in [4.69, 9.17) is 9.15 Å². The molecule has 136 valence electrons. The number of hydrazine groups is 2. The summed E-state index contributed by atoms with van der Waals surface area (Å²) in [6.07, 6.45) is 2.37. The Labute approximate surface area is 152 Å². The second-order valence-electron chi connectivity index (χ2n) is 5.76. The van der Waals surface area contributed by atoms with E-state index in [0.29, 0.717) is 5.70 Å². The molecule has 2 aromatic rings. The second-order valence-corrected chi connectivity index (χ2v) is 5.76. The number of aliphatic hydroxyl groups is 1. The number of rotatable bonds is 4. The van der Waals surface area contributed by atoms with Crippen molar-refractivity contribution in [2.45, 2.75) is 0 Å². The summed E-state index contributed by atoms with van der Waals surface area (Å²) >= 11 is 0. The molecule has 1 aromatic heterocycles. The number of aliphatic hydroxyl groups excluding tert-OH is 1. The molecule has 27 heavy (non-hydrogen) atoms. The smallest absolute Gasteiger partial charge is 0.335 e. The van der Waals surface area contributed by atoms with Gasteiger partial charge in [0.05, 0.1) is 17.3 Å². The molecule has 0 saturated heterocycles. The number of ketones is 2. The van der Waals surface area contributed by atoms with Crippen LogP contribution < -0.4 is 16.4 Å². The van der Waals surface area contributed by atoms with Gasteiger partial charge in [-0.3, -0.25) is 9.59 Å². The third-order valence-corrected chi connectivity index (χ3v) is 4.02. The zero-order valence-electron chi connectivity index (χ0n) is 13.7. The van der Waals surface area contributed by atoms with Crippen LogP contribution in [0.25, 0.3) is 5.76 Å². The summed E-state index contributed by atoms with van der Waals surface area (Å²) in [6, 6.07) is 7.62. The normalized spacial score (nSPS) is 15.4. The molecule has 4 rings (SSSR count). The molecule has 4 N–H and O–H groups in total. The molecule has 0 spiro atoms. The maximum atomic E-state index is 12.5. The zero-order chi connectivity index (χ0) is 19.0. The highest BCUT2D eigenvalue weighted by Gasteiger charge is 2.34. The van der Waals surface area contributed by atoms with Crippen LogP contribution >= 0.6 is 0 Å². The minimum Gasteiger partial charge on any atom is -0.504 e. The van der Waals surface area contributed by atoms with E-state index >= 15 is 0 Å². The fraction of sp³-hybridized carbons (Fsp3) is 0.0556. The SMILES string of the molecule is O=C(/C=C(\O)c1cc2c(o1)C(=O)c1ccccc1C2=O)OCC1=CNNN1. The average Bonchev–Trinajstić information content (AvgIpc) is 3.34. The van der Waals surface area contributed by atoms with Crippen molar-refractivity contribution in [2.75, 3.05) is 6.61 Å². The van der Waals surface area contributed by atoms with Crippen LogP contribution in [0.2, 0.25) is 0 Å². The van der Waals surface area contributed by atoms with Crippen molar-refractivity contribution in [2.24, 2.45) is 0 Å². The Balaban J connectivity index is 1.56. The van der Waals surface area contributed by atoms with Gasteiger partial charge in [-0.15, -0.1) is 0 Å². The molecule has 9 nitrogen and oxygen atoms in total. The Morgan fingerprint density at radius 1 is 1.15 bits per heavy atom. The van der Waals surface area contributed by atoms with Gasteiger partial charge in [-0.05, 0) is 6.07 Å². The van der Waals surface area contributed by atoms with Crippen LogP contribution in [0.5, 0.6) is 0 Å². The van der Waals surface area contributed by atoms with Crippen molar-refractivity contribution in [1.82, 2.24) is 16.4 Å². The Morgan fingerprint density at radius 3 is 2.59 bits per heavy atom. The molecule has 0 bridgehead atoms. The molecule has 0 fully saturated rings. The van der Waals surface area contributed by atoms with Crippen LogP contribution in [0.1, 0.15) is 37.8 Å². The molecule has 2 aliphatic rings. The quantitative estimate of drug-likeness (QED) is 0.302. The first-order valence-corrected chi connectivity index (χ1v) is 7.90. The molecule has 0 saturated carbocycles. The van der Waals surface area contributed by atoms with Gasteiger partial charge in [-0.25, -0.2) is 4.79 Å². The third-order valence-electron chi connectivity index (χ3n) is 4.02. The first kappa shape index (κ1) is 16.6. The number of benzene rings is 1. The third kappa shape index (κ3) is 2.96. The summed E-state index contributed by atoms with van der Waals surface area (Å²) in [7, 11) is 0. The zero-order valence-corrected chi connectivity index (χ0v) is 13.7. The Morgan fingerprint density at radius 2 is 1.89 bits per heavy atom. The number of fused-ring (bicyclic) bond motifs is 2. The van der Waals surface area contributed by atoms with Crippen molar-refractivity contribution in [3.05, 3.63) is 76.5 Å². The van der Waals surface area contributed by atoms with Crippen molar-refractivity contribution in [1.29, 1.82) is 0 Å². The number of hydrogen-bond donors (Lipinski definition) is 4. The van der Waals surface area contributed by atoms with E-state index in [1.165, 1.54) is 12.1 Å². The van der Waals surface area contributed by atoms with Gasteiger partial charge in [0, 0.05) is 17.3 Å². The van der Waals surface area contributed by atoms with E-state index in [2.05, 4.69) is 16.4 Å². The van der Waals surface area contributed by atoms with E-state index in [1.54, 1.807) is 24.4 Å². The maximum Gasteiger partial charge on any atom is 0.335 e. The molecule has 9 heteroatoms. The molecular weight excluding hydrogens is 354 g/mol. The van der Waals surface area contributed by atoms with Crippen LogP contribution in [-0.4, -0.2) is 29.2 Å². The summed E-state index contributed by atoms with van der Waals surface area (Å²) in [6.45, 7) is -0.0520. The molecule has 0 amide bonds. The van der Waals surface area contributed by atoms with E-state index in [1.807, 2.05) is 0 Å². The van der Waals surface area contributed by atoms with Crippen molar-refractivity contribution in [3.8, 4) is 0 Å². The molecule has 0 unspecified atom stereocenters. The summed E-state index contributed by atoms with van der Waals surface area (Å²) in [5.74, 6) is -2.56. The summed E-state index contributed by atoms with van der Waals surface area (Å²) in [5, 5.41) is 10.1. The highest BCUT2D eigenvalue weighted by atomic mass is 16.5. The van der Waals surface area contributed by atoms with Crippen molar-refractivity contribution < 1.29 is 28.6 Å². The largest absolute Gasteiger partial charge is 0.504 e. The van der Waals surface area contributed by atoms with E-state index < -0.39 is 17.5 Å². The van der Waals surface area contributed by atoms with E-state index in [9.17, 15) is 19.5 Å². The lowest BCUT2D eigenvalue weighted by molar-refractivity contribution is -0.136. The lowest BCUT2D eigenvalue weighted by Gasteiger charge is -2.11. The van der Waals surface area contributed by atoms with Gasteiger partial charge in [0.1, 0.15) is 6.61 Å². The van der Waals surface area contributed by atoms with Gasteiger partial charge in [0.25, 0.3) is 0 Å². The molecular formula is C18H13N3O6. The van der Waals surface area contributed by atoms with Crippen LogP contribution in [0.3, 0.4) is 0 Å². The Hall–Kier alpha value is -3.85. The number of hydrogen-bond acceptors (Lipinski definition) is 9. The monoisotopic (exact) mass is 367 g/mol. The highest BCUT2D eigenvalue weighted by molar-refractivity contribution is 6.27. The maximum absolute atomic E-state index is 12.5. The molecule has 0 atom stereocenters. The van der Waals surface area contributed by atoms with Gasteiger partial charge in [0.2, 0.25) is 5.78 Å². The van der Waals surface area contributed by atoms with Crippen molar-refractivity contribution >= 4 is 23.3 Å². The van der Waals surface area contributed by atoms with Crippen molar-refractivity contribution in [3.63, 3.8) is 0 Å². The topological polar surface area (TPSA) is 130 Å². The fourth-order valence-electron chi connectivity index (χ4n) is 2.73.